The Balaban J connectivity index is 1.23. The summed E-state index contributed by atoms with van der Waals surface area (Å²) >= 11 is 1.37. The molecule has 3 aromatic carbocycles. The first-order chi connectivity index (χ1) is 22.4. The van der Waals surface area contributed by atoms with Gasteiger partial charge in [-0.2, -0.15) is 4.99 Å². The molecule has 1 aliphatic heterocycles. The van der Waals surface area contributed by atoms with Crippen molar-refractivity contribution in [2.24, 2.45) is 4.99 Å². The van der Waals surface area contributed by atoms with Crippen molar-refractivity contribution < 1.29 is 36.2 Å². The summed E-state index contributed by atoms with van der Waals surface area (Å²) < 4.78 is 77.9. The number of methoxy groups -OCH3 is 1. The van der Waals surface area contributed by atoms with E-state index in [2.05, 4.69) is 19.8 Å². The zero-order valence-corrected chi connectivity index (χ0v) is 26.4. The summed E-state index contributed by atoms with van der Waals surface area (Å²) in [6.45, 7) is 4.71. The molecule has 2 amide bonds. The number of amidine groups is 1. The zero-order valence-electron chi connectivity index (χ0n) is 25.5. The van der Waals surface area contributed by atoms with Gasteiger partial charge in [0.05, 0.1) is 12.8 Å². The van der Waals surface area contributed by atoms with Crippen LogP contribution in [0.1, 0.15) is 43.5 Å². The van der Waals surface area contributed by atoms with Crippen molar-refractivity contribution >= 4 is 28.6 Å². The van der Waals surface area contributed by atoms with Crippen LogP contribution in [0.3, 0.4) is 0 Å². The van der Waals surface area contributed by atoms with Crippen molar-refractivity contribution in [3.8, 4) is 28.6 Å². The fourth-order valence-corrected chi connectivity index (χ4v) is 5.81. The predicted octanol–water partition coefficient (Wildman–Crippen LogP) is 7.98. The maximum absolute atomic E-state index is 15.1. The van der Waals surface area contributed by atoms with Crippen LogP contribution < -0.4 is 19.7 Å². The van der Waals surface area contributed by atoms with E-state index in [9.17, 15) is 22.4 Å². The van der Waals surface area contributed by atoms with Crippen LogP contribution in [0.4, 0.5) is 32.4 Å². The molecule has 0 aliphatic carbocycles. The summed E-state index contributed by atoms with van der Waals surface area (Å²) in [5.74, 6) is 1.46. The van der Waals surface area contributed by atoms with Crippen LogP contribution in [-0.4, -0.2) is 58.0 Å². The Morgan fingerprint density at radius 1 is 1.02 bits per heavy atom. The molecule has 5 rings (SSSR count). The van der Waals surface area contributed by atoms with Crippen LogP contribution in [0, 0.1) is 0 Å². The van der Waals surface area contributed by atoms with Crippen molar-refractivity contribution in [3.05, 3.63) is 84.2 Å². The predicted molar refractivity (Wildman–Crippen MR) is 170 cm³/mol. The number of anilines is 1. The second-order valence-electron chi connectivity index (χ2n) is 10.8. The standard InChI is InChI=1S/C32H31F5N6O3S/c1-19(2)25-17-24(45-3)13-14-26(25)42-15-4-16-47-31(42)40-30(44)39-28(34)27(33)20-5-7-21(8-6-20)29-38-18-43(41-29)22-9-11-23(12-10-22)46-32(35,36)37/h5-14,17-19,27-28H,4,15-16H2,1-3H3,(H,39,44)/b40-31-. The summed E-state index contributed by atoms with van der Waals surface area (Å²) in [4.78, 5) is 22.9. The van der Waals surface area contributed by atoms with Crippen LogP contribution in [0.25, 0.3) is 17.1 Å². The molecule has 1 saturated heterocycles. The molecular weight excluding hydrogens is 643 g/mol. The maximum atomic E-state index is 15.1. The molecule has 1 aliphatic rings. The number of hydrogen-bond acceptors (Lipinski definition) is 6. The Labute approximate surface area is 271 Å². The first-order valence-corrected chi connectivity index (χ1v) is 15.5. The number of benzene rings is 3. The molecule has 9 nitrogen and oxygen atoms in total. The number of urea groups is 1. The van der Waals surface area contributed by atoms with Crippen molar-refractivity contribution in [1.29, 1.82) is 0 Å². The molecule has 2 heterocycles. The smallest absolute Gasteiger partial charge is 0.497 e. The third-order valence-electron chi connectivity index (χ3n) is 7.17. The Hall–Kier alpha value is -4.66. The van der Waals surface area contributed by atoms with E-state index < -0.39 is 24.9 Å². The third kappa shape index (κ3) is 8.39. The minimum absolute atomic E-state index is 0.0256. The van der Waals surface area contributed by atoms with Crippen LogP contribution in [0.15, 0.2) is 78.0 Å². The number of carbonyl (C=O) groups is 1. The van der Waals surface area contributed by atoms with Gasteiger partial charge in [0, 0.05) is 23.5 Å². The van der Waals surface area contributed by atoms with E-state index in [0.717, 1.165) is 35.6 Å². The molecule has 0 bridgehead atoms. The number of carbonyl (C=O) groups excluding carboxylic acids is 1. The van der Waals surface area contributed by atoms with Crippen molar-refractivity contribution in [1.82, 2.24) is 20.1 Å². The third-order valence-corrected chi connectivity index (χ3v) is 8.23. The van der Waals surface area contributed by atoms with Gasteiger partial charge in [-0.1, -0.05) is 49.9 Å². The number of thioether (sulfide) groups is 1. The number of nitrogens with zero attached hydrogens (tertiary/aromatic N) is 5. The van der Waals surface area contributed by atoms with Crippen LogP contribution in [0.2, 0.25) is 0 Å². The van der Waals surface area contributed by atoms with E-state index in [1.54, 1.807) is 7.11 Å². The molecule has 1 N–H and O–H groups in total. The highest BCUT2D eigenvalue weighted by Gasteiger charge is 2.31. The fourth-order valence-electron chi connectivity index (χ4n) is 4.86. The zero-order chi connectivity index (χ0) is 33.7. The highest BCUT2D eigenvalue weighted by molar-refractivity contribution is 8.14. The Kier molecular flexibility index (Phi) is 10.3. The van der Waals surface area contributed by atoms with Crippen molar-refractivity contribution in [2.75, 3.05) is 24.3 Å². The average Bonchev–Trinajstić information content (AvgIpc) is 3.54. The Morgan fingerprint density at radius 2 is 1.72 bits per heavy atom. The summed E-state index contributed by atoms with van der Waals surface area (Å²) in [5, 5.41) is 6.71. The van der Waals surface area contributed by atoms with E-state index in [1.165, 1.54) is 59.2 Å². The number of rotatable bonds is 9. The van der Waals surface area contributed by atoms with E-state index in [0.29, 0.717) is 28.7 Å². The van der Waals surface area contributed by atoms with Gasteiger partial charge in [-0.15, -0.1) is 18.3 Å². The van der Waals surface area contributed by atoms with E-state index >= 15 is 4.39 Å². The van der Waals surface area contributed by atoms with E-state index in [-0.39, 0.29) is 23.1 Å². The van der Waals surface area contributed by atoms with Gasteiger partial charge in [-0.25, -0.2) is 23.2 Å². The molecule has 0 spiro atoms. The number of aromatic nitrogens is 3. The van der Waals surface area contributed by atoms with Gasteiger partial charge in [0.1, 0.15) is 17.8 Å². The van der Waals surface area contributed by atoms with E-state index in [4.69, 9.17) is 4.74 Å². The highest BCUT2D eigenvalue weighted by atomic mass is 32.2. The minimum atomic E-state index is -4.80. The number of nitrogens with one attached hydrogen (secondary N) is 1. The van der Waals surface area contributed by atoms with Crippen molar-refractivity contribution in [3.63, 3.8) is 0 Å². The van der Waals surface area contributed by atoms with Gasteiger partial charge < -0.3 is 19.7 Å². The number of hydrogen-bond donors (Lipinski definition) is 1. The molecule has 47 heavy (non-hydrogen) atoms. The summed E-state index contributed by atoms with van der Waals surface area (Å²) in [6, 6.07) is 15.4. The van der Waals surface area contributed by atoms with Gasteiger partial charge in [0.2, 0.25) is 6.30 Å². The lowest BCUT2D eigenvalue weighted by Gasteiger charge is -2.32. The number of alkyl halides is 5. The molecule has 1 fully saturated rings. The van der Waals surface area contributed by atoms with E-state index in [1.807, 2.05) is 42.3 Å². The molecule has 248 valence electrons. The second-order valence-corrected chi connectivity index (χ2v) is 11.8. The number of amides is 2. The SMILES string of the molecule is COc1ccc(N2CCCS/C2=N\C(=O)NC(F)C(F)c2ccc(-c3ncn(-c4ccc(OC(F)(F)F)cc4)n3)cc2)c(C(C)C)c1. The average molecular weight is 675 g/mol. The summed E-state index contributed by atoms with van der Waals surface area (Å²) in [7, 11) is 1.59. The second kappa shape index (κ2) is 14.4. The van der Waals surface area contributed by atoms with Gasteiger partial charge >= 0.3 is 12.4 Å². The lowest BCUT2D eigenvalue weighted by molar-refractivity contribution is -0.274. The van der Waals surface area contributed by atoms with Gasteiger partial charge in [-0.05, 0) is 65.9 Å². The van der Waals surface area contributed by atoms with Crippen LogP contribution >= 0.6 is 11.8 Å². The first kappa shape index (κ1) is 33.7. The minimum Gasteiger partial charge on any atom is -0.497 e. The molecule has 1 aromatic heterocycles. The fraction of sp³-hybridized carbons (Fsp3) is 0.312. The largest absolute Gasteiger partial charge is 0.573 e. The lowest BCUT2D eigenvalue weighted by Crippen LogP contribution is -2.38. The maximum Gasteiger partial charge on any atom is 0.573 e. The molecule has 15 heteroatoms. The topological polar surface area (TPSA) is 93.9 Å². The summed E-state index contributed by atoms with van der Waals surface area (Å²) in [5.41, 5.74) is 2.76. The number of halogens is 5. The lowest BCUT2D eigenvalue weighted by atomic mass is 10.00. The number of ether oxygens (including phenoxy) is 2. The first-order valence-electron chi connectivity index (χ1n) is 14.6. The van der Waals surface area contributed by atoms with Crippen LogP contribution in [-0.2, 0) is 0 Å². The number of aliphatic imine (C=N–C) groups is 1. The normalized spacial score (nSPS) is 15.9. The highest BCUT2D eigenvalue weighted by Crippen LogP contribution is 2.35. The molecule has 0 saturated carbocycles. The quantitative estimate of drug-likeness (QED) is 0.142. The molecule has 2 atom stereocenters. The van der Waals surface area contributed by atoms with Gasteiger partial charge in [0.15, 0.2) is 17.2 Å². The molecular formula is C32H31F5N6O3S. The summed E-state index contributed by atoms with van der Waals surface area (Å²) in [6.07, 6.45) is -7.14. The monoisotopic (exact) mass is 674 g/mol. The van der Waals surface area contributed by atoms with Gasteiger partial charge in [0.25, 0.3) is 0 Å². The molecule has 4 aromatic rings. The Bertz CT molecular complexity index is 1710. The molecule has 0 radical (unpaired) electrons. The van der Waals surface area contributed by atoms with Gasteiger partial charge in [-0.3, -0.25) is 0 Å². The molecule has 2 unspecified atom stereocenters. The van der Waals surface area contributed by atoms with Crippen LogP contribution in [0.5, 0.6) is 11.5 Å². The van der Waals surface area contributed by atoms with Crippen molar-refractivity contribution in [2.45, 2.75) is 45.0 Å². The Morgan fingerprint density at radius 3 is 2.38 bits per heavy atom.